The van der Waals surface area contributed by atoms with Crippen molar-refractivity contribution in [3.8, 4) is 0 Å². The van der Waals surface area contributed by atoms with Crippen LogP contribution in [0.25, 0.3) is 5.57 Å². The first-order valence-corrected chi connectivity index (χ1v) is 9.61. The molecule has 2 atom stereocenters. The van der Waals surface area contributed by atoms with Gasteiger partial charge in [-0.3, -0.25) is 9.78 Å². The summed E-state index contributed by atoms with van der Waals surface area (Å²) in [5.41, 5.74) is -1.10. The summed E-state index contributed by atoms with van der Waals surface area (Å²) in [5, 5.41) is 2.22. The van der Waals surface area contributed by atoms with Crippen LogP contribution in [0.1, 0.15) is 48.2 Å². The van der Waals surface area contributed by atoms with E-state index in [1.54, 1.807) is 0 Å². The third-order valence-electron chi connectivity index (χ3n) is 5.85. The van der Waals surface area contributed by atoms with E-state index in [4.69, 9.17) is 0 Å². The van der Waals surface area contributed by atoms with E-state index in [0.29, 0.717) is 6.42 Å². The minimum absolute atomic E-state index is 0.0176. The molecule has 2 unspecified atom stereocenters. The molecular weight excluding hydrogens is 405 g/mol. The van der Waals surface area contributed by atoms with Gasteiger partial charge >= 0.3 is 6.18 Å². The maximum atomic E-state index is 13.7. The fraction of sp³-hybridized carbons (Fsp3) is 0.381. The number of fused-ring (bicyclic) bond motifs is 1. The highest BCUT2D eigenvalue weighted by molar-refractivity contribution is 6.04. The lowest BCUT2D eigenvalue weighted by atomic mass is 9.76. The molecule has 0 radical (unpaired) electrons. The number of alkyl halides is 3. The molecule has 1 aromatic heterocycles. The normalized spacial score (nSPS) is 21.5. The van der Waals surface area contributed by atoms with Crippen LogP contribution < -0.4 is 5.32 Å². The standard InChI is InChI=1S/C21H18F5N3O/c22-15-5-2-6-16(23)19(15)20(30)29-18-10-27-17(9-28-18)13-7-11-3-1-4-12(11)8-14(13)21(24,25)26/h2,5-6,9-12H,1,3-4,7-8H2,(H,28,29,30). The van der Waals surface area contributed by atoms with Crippen LogP contribution in [0.5, 0.6) is 0 Å². The van der Waals surface area contributed by atoms with Crippen LogP contribution in [0.2, 0.25) is 0 Å². The summed E-state index contributed by atoms with van der Waals surface area (Å²) >= 11 is 0. The summed E-state index contributed by atoms with van der Waals surface area (Å²) in [6, 6.07) is 3.01. The van der Waals surface area contributed by atoms with Crippen molar-refractivity contribution in [3.05, 3.63) is 59.1 Å². The van der Waals surface area contributed by atoms with Gasteiger partial charge in [-0.15, -0.1) is 0 Å². The van der Waals surface area contributed by atoms with Gasteiger partial charge in [-0.2, -0.15) is 13.2 Å². The summed E-state index contributed by atoms with van der Waals surface area (Å²) in [5.74, 6) is -3.00. The van der Waals surface area contributed by atoms with E-state index in [9.17, 15) is 26.7 Å². The average Bonchev–Trinajstić information content (AvgIpc) is 3.14. The van der Waals surface area contributed by atoms with Crippen LogP contribution in [-0.2, 0) is 0 Å². The molecule has 1 heterocycles. The second-order valence-corrected chi connectivity index (χ2v) is 7.65. The SMILES string of the molecule is O=C(Nc1cnc(C2=C(C(F)(F)F)CC3CCCC3C2)cn1)c1c(F)cccc1F. The second kappa shape index (κ2) is 7.77. The van der Waals surface area contributed by atoms with Crippen LogP contribution >= 0.6 is 0 Å². The Hall–Kier alpha value is -2.84. The lowest BCUT2D eigenvalue weighted by Crippen LogP contribution is -2.25. The Morgan fingerprint density at radius 1 is 1.00 bits per heavy atom. The number of benzene rings is 1. The number of hydrogen-bond acceptors (Lipinski definition) is 3. The average molecular weight is 423 g/mol. The Bertz CT molecular complexity index is 980. The van der Waals surface area contributed by atoms with E-state index in [1.165, 1.54) is 0 Å². The van der Waals surface area contributed by atoms with Gasteiger partial charge in [0.2, 0.25) is 0 Å². The van der Waals surface area contributed by atoms with Gasteiger partial charge in [-0.05, 0) is 55.2 Å². The summed E-state index contributed by atoms with van der Waals surface area (Å²) in [6.45, 7) is 0. The van der Waals surface area contributed by atoms with Crippen molar-refractivity contribution < 1.29 is 26.7 Å². The molecule has 9 heteroatoms. The fourth-order valence-electron chi connectivity index (χ4n) is 4.41. The molecule has 1 aromatic carbocycles. The van der Waals surface area contributed by atoms with Crippen molar-refractivity contribution in [3.63, 3.8) is 0 Å². The minimum Gasteiger partial charge on any atom is -0.305 e. The first-order valence-electron chi connectivity index (χ1n) is 9.61. The minimum atomic E-state index is -4.44. The molecule has 1 fully saturated rings. The van der Waals surface area contributed by atoms with E-state index in [-0.39, 0.29) is 35.3 Å². The number of carbonyl (C=O) groups excluding carboxylic acids is 1. The maximum Gasteiger partial charge on any atom is 0.413 e. The quantitative estimate of drug-likeness (QED) is 0.661. The summed E-state index contributed by atoms with van der Waals surface area (Å²) in [6.07, 6.45) is 0.709. The highest BCUT2D eigenvalue weighted by atomic mass is 19.4. The van der Waals surface area contributed by atoms with E-state index < -0.39 is 34.9 Å². The van der Waals surface area contributed by atoms with Gasteiger partial charge < -0.3 is 5.32 Å². The van der Waals surface area contributed by atoms with Gasteiger partial charge in [0.25, 0.3) is 5.91 Å². The number of halogens is 5. The van der Waals surface area contributed by atoms with Crippen molar-refractivity contribution in [2.75, 3.05) is 5.32 Å². The molecule has 0 spiro atoms. The number of aromatic nitrogens is 2. The van der Waals surface area contributed by atoms with Gasteiger partial charge in [0.05, 0.1) is 18.1 Å². The van der Waals surface area contributed by atoms with Crippen molar-refractivity contribution >= 4 is 17.3 Å². The topological polar surface area (TPSA) is 54.9 Å². The van der Waals surface area contributed by atoms with E-state index >= 15 is 0 Å². The third-order valence-corrected chi connectivity index (χ3v) is 5.85. The van der Waals surface area contributed by atoms with Crippen LogP contribution in [-0.4, -0.2) is 22.1 Å². The number of nitrogens with one attached hydrogen (secondary N) is 1. The number of nitrogens with zero attached hydrogens (tertiary/aromatic N) is 2. The van der Waals surface area contributed by atoms with Crippen molar-refractivity contribution in [1.29, 1.82) is 0 Å². The first-order chi connectivity index (χ1) is 14.2. The summed E-state index contributed by atoms with van der Waals surface area (Å²) < 4.78 is 68.3. The molecule has 2 aromatic rings. The molecule has 0 saturated heterocycles. The van der Waals surface area contributed by atoms with Crippen LogP contribution in [0.3, 0.4) is 0 Å². The van der Waals surface area contributed by atoms with Crippen molar-refractivity contribution in [1.82, 2.24) is 9.97 Å². The van der Waals surface area contributed by atoms with Gasteiger partial charge in [0.15, 0.2) is 5.82 Å². The Morgan fingerprint density at radius 3 is 2.27 bits per heavy atom. The molecule has 4 rings (SSSR count). The molecule has 1 N–H and O–H groups in total. The molecule has 158 valence electrons. The van der Waals surface area contributed by atoms with E-state index in [1.807, 2.05) is 0 Å². The van der Waals surface area contributed by atoms with Crippen LogP contribution in [0.15, 0.2) is 36.2 Å². The fourth-order valence-corrected chi connectivity index (χ4v) is 4.41. The molecule has 0 aliphatic heterocycles. The van der Waals surface area contributed by atoms with E-state index in [2.05, 4.69) is 15.3 Å². The molecule has 0 bridgehead atoms. The number of anilines is 1. The van der Waals surface area contributed by atoms with Crippen molar-refractivity contribution in [2.45, 2.75) is 38.3 Å². The molecule has 4 nitrogen and oxygen atoms in total. The van der Waals surface area contributed by atoms with Gasteiger partial charge in [-0.1, -0.05) is 12.5 Å². The molecule has 1 saturated carbocycles. The second-order valence-electron chi connectivity index (χ2n) is 7.65. The molecular formula is C21H18F5N3O. The highest BCUT2D eigenvalue weighted by Gasteiger charge is 2.44. The Morgan fingerprint density at radius 2 is 1.67 bits per heavy atom. The Balaban J connectivity index is 1.59. The summed E-state index contributed by atoms with van der Waals surface area (Å²) in [4.78, 5) is 20.1. The number of amides is 1. The molecule has 2 aliphatic carbocycles. The number of allylic oxidation sites excluding steroid dienone is 2. The summed E-state index contributed by atoms with van der Waals surface area (Å²) in [7, 11) is 0. The molecule has 2 aliphatic rings. The Kier molecular flexibility index (Phi) is 5.29. The van der Waals surface area contributed by atoms with Gasteiger partial charge in [0, 0.05) is 5.57 Å². The maximum absolute atomic E-state index is 13.7. The number of carbonyl (C=O) groups is 1. The lowest BCUT2D eigenvalue weighted by Gasteiger charge is -2.31. The zero-order valence-electron chi connectivity index (χ0n) is 15.8. The third kappa shape index (κ3) is 3.93. The monoisotopic (exact) mass is 423 g/mol. The molecule has 30 heavy (non-hydrogen) atoms. The number of rotatable bonds is 3. The van der Waals surface area contributed by atoms with Gasteiger partial charge in [0.1, 0.15) is 17.2 Å². The lowest BCUT2D eigenvalue weighted by molar-refractivity contribution is -0.0962. The van der Waals surface area contributed by atoms with E-state index in [0.717, 1.165) is 49.9 Å². The predicted octanol–water partition coefficient (Wildman–Crippen LogP) is 5.53. The van der Waals surface area contributed by atoms with Crippen LogP contribution in [0.4, 0.5) is 27.8 Å². The van der Waals surface area contributed by atoms with Crippen LogP contribution in [0, 0.1) is 23.5 Å². The Labute approximate surface area is 169 Å². The zero-order valence-corrected chi connectivity index (χ0v) is 15.8. The zero-order chi connectivity index (χ0) is 21.5. The highest BCUT2D eigenvalue weighted by Crippen LogP contribution is 2.50. The molecule has 1 amide bonds. The predicted molar refractivity (Wildman–Crippen MR) is 99.4 cm³/mol. The largest absolute Gasteiger partial charge is 0.413 e. The number of hydrogen-bond donors (Lipinski definition) is 1. The van der Waals surface area contributed by atoms with Gasteiger partial charge in [-0.25, -0.2) is 13.8 Å². The van der Waals surface area contributed by atoms with Crippen molar-refractivity contribution in [2.24, 2.45) is 11.8 Å². The first kappa shape index (κ1) is 20.4. The smallest absolute Gasteiger partial charge is 0.305 e.